The fraction of sp³-hybridized carbons (Fsp3) is 0.125. The summed E-state index contributed by atoms with van der Waals surface area (Å²) >= 11 is 0. The minimum atomic E-state index is -0.372. The molecule has 0 aliphatic heterocycles. The van der Waals surface area contributed by atoms with Crippen molar-refractivity contribution in [1.82, 2.24) is 24.9 Å². The van der Waals surface area contributed by atoms with Crippen molar-refractivity contribution in [3.63, 3.8) is 0 Å². The fourth-order valence-electron chi connectivity index (χ4n) is 16.7. The van der Waals surface area contributed by atoms with Gasteiger partial charge in [0.1, 0.15) is 29.1 Å². The number of benzene rings is 15. The third kappa shape index (κ3) is 25.8. The van der Waals surface area contributed by atoms with Gasteiger partial charge in [0.15, 0.2) is 0 Å². The van der Waals surface area contributed by atoms with E-state index in [-0.39, 0.29) is 153 Å². The number of pyridine rings is 5. The molecule has 0 aliphatic carbocycles. The Kier molecular flexibility index (Phi) is 39.6. The molecule has 5 heterocycles. The van der Waals surface area contributed by atoms with Crippen LogP contribution in [0.2, 0.25) is 0 Å². The van der Waals surface area contributed by atoms with Crippen molar-refractivity contribution in [2.24, 2.45) is 0 Å². The van der Waals surface area contributed by atoms with Gasteiger partial charge in [-0.2, -0.15) is 0 Å². The minimum absolute atomic E-state index is 0. The maximum absolute atomic E-state index is 14.5. The Morgan fingerprint density at radius 1 is 0.223 bits per heavy atom. The van der Waals surface area contributed by atoms with E-state index in [0.717, 1.165) is 125 Å². The molecule has 20 aromatic rings. The monoisotopic (exact) mass is 2740 g/mol. The maximum atomic E-state index is 14.5. The van der Waals surface area contributed by atoms with Gasteiger partial charge in [0, 0.05) is 164 Å². The van der Waals surface area contributed by atoms with Crippen LogP contribution in [-0.4, -0.2) is 24.9 Å². The van der Waals surface area contributed by atoms with Crippen molar-refractivity contribution in [3.05, 3.63) is 451 Å². The normalized spacial score (nSPS) is 10.7. The number of hydrogen-bond acceptors (Lipinski definition) is 5. The molecule has 0 aliphatic rings. The van der Waals surface area contributed by atoms with Crippen LogP contribution in [0.5, 0.6) is 0 Å². The second-order valence-electron chi connectivity index (χ2n) is 32.7. The average molecular weight is 2740 g/mol. The van der Waals surface area contributed by atoms with E-state index in [9.17, 15) is 39.5 Å². The molecule has 0 fully saturated rings. The molecule has 5 nitrogen and oxygen atoms in total. The Morgan fingerprint density at radius 2 is 0.540 bits per heavy atom. The van der Waals surface area contributed by atoms with Gasteiger partial charge in [-0.3, -0.25) is 17.6 Å². The van der Waals surface area contributed by atoms with Crippen LogP contribution < -0.4 is 0 Å². The number of rotatable bonds is 20. The van der Waals surface area contributed by atoms with Gasteiger partial charge < -0.3 is 24.9 Å². The Bertz CT molecular complexity index is 7280. The summed E-state index contributed by atoms with van der Waals surface area (Å²) in [6.07, 6.45) is 17.9. The molecule has 709 valence electrons. The van der Waals surface area contributed by atoms with Crippen LogP contribution in [0, 0.1) is 82.7 Å². The van der Waals surface area contributed by atoms with E-state index in [0.29, 0.717) is 105 Å². The van der Waals surface area contributed by atoms with Crippen LogP contribution in [-0.2, 0) is 133 Å². The Hall–Kier alpha value is -12.0. The van der Waals surface area contributed by atoms with E-state index in [1.807, 2.05) is 158 Å². The molecule has 0 spiro atoms. The van der Waals surface area contributed by atoms with Gasteiger partial charge in [-0.05, 0) is 191 Å². The summed E-state index contributed by atoms with van der Waals surface area (Å²) in [4.78, 5) is 21.7. The number of halogens is 9. The molecule has 0 saturated carbocycles. The number of fused-ring (bicyclic) bond motifs is 5. The fourth-order valence-corrected chi connectivity index (χ4v) is 16.7. The van der Waals surface area contributed by atoms with Gasteiger partial charge in [-0.15, -0.1) is 130 Å². The van der Waals surface area contributed by atoms with Crippen LogP contribution in [0.1, 0.15) is 94.5 Å². The minimum Gasteiger partial charge on any atom is -0.304 e. The van der Waals surface area contributed by atoms with Crippen molar-refractivity contribution in [1.29, 1.82) is 0 Å². The van der Waals surface area contributed by atoms with E-state index in [2.05, 4.69) is 120 Å². The first kappa shape index (κ1) is 107. The van der Waals surface area contributed by atoms with Crippen LogP contribution in [0.25, 0.3) is 166 Å². The first-order valence-corrected chi connectivity index (χ1v) is 45.0. The van der Waals surface area contributed by atoms with E-state index in [4.69, 9.17) is 0 Å². The number of hydrogen-bond donors (Lipinski definition) is 0. The predicted molar refractivity (Wildman–Crippen MR) is 527 cm³/mol. The SMILES string of the molecule is CCCc1ccc(-c2cc(-c3ncc(F)c4ccccc34)[c-]cc2F)cc1.CCCc1ccc(-c2cc(-c3nccc4c(F)cccc34)[c-]cc2F)cc1.CCCc1ccc(-c2cc(-c3nccc4ccc(F)cc34)[c-]cc2F)cc1.CCCc1ccc(-c2cc(-c3nccc4cccc(F)c34)[c-]cc2F)cc1.CCCc1ccc(-c2cc[c-]c(-c3ncc(F)c4ccccc34)c2)cc1.[Ir].[Ir].[Ir].[Ir].[Ir]. The van der Waals surface area contributed by atoms with Gasteiger partial charge >= 0.3 is 0 Å². The summed E-state index contributed by atoms with van der Waals surface area (Å²) in [5.41, 5.74) is 20.0. The molecule has 5 aromatic heterocycles. The van der Waals surface area contributed by atoms with Gasteiger partial charge in [-0.1, -0.05) is 289 Å². The molecule has 0 bridgehead atoms. The Morgan fingerprint density at radius 3 is 0.942 bits per heavy atom. The van der Waals surface area contributed by atoms with Crippen LogP contribution in [0.15, 0.2) is 340 Å². The second kappa shape index (κ2) is 51.2. The Labute approximate surface area is 872 Å². The summed E-state index contributed by atoms with van der Waals surface area (Å²) in [5.74, 6) is -3.03. The summed E-state index contributed by atoms with van der Waals surface area (Å²) in [6.45, 7) is 10.7. The first-order chi connectivity index (χ1) is 65.4. The first-order valence-electron chi connectivity index (χ1n) is 45.0. The number of aromatic nitrogens is 5. The summed E-state index contributed by atoms with van der Waals surface area (Å²) in [5, 5.41) is 6.48. The number of nitrogens with zero attached hydrogens (tertiary/aromatic N) is 5. The smallest absolute Gasteiger partial charge is 0.147 e. The van der Waals surface area contributed by atoms with Gasteiger partial charge in [0.05, 0.1) is 12.4 Å². The van der Waals surface area contributed by atoms with Crippen LogP contribution in [0.4, 0.5) is 39.5 Å². The molecule has 0 unspecified atom stereocenters. The third-order valence-corrected chi connectivity index (χ3v) is 23.4. The summed E-state index contributed by atoms with van der Waals surface area (Å²) in [7, 11) is 0. The molecule has 0 atom stereocenters. The standard InChI is InChI=1S/4C24H18F2N.C24H19FN.5Ir/c1-2-5-16-8-10-17(11-9-16)21-14-18(12-13-22(21)25)24-20-7-4-3-6-19(20)23(26)15-27-24;1-2-4-16-7-9-17(10-8-16)21-15-18(11-12-23(21)26)24-20-5-3-6-22(25)19(20)13-14-27-24;1-2-4-16-7-9-17(10-8-16)20-15-19(11-12-21(20)25)24-23-18(13-14-27-24)5-3-6-22(23)26;1-2-3-16-4-6-17(7-5-16)21-14-19(9-11-23(21)26)24-22-15-20(25)10-8-18(22)12-13-27-24;1-2-6-17-11-13-18(14-12-17)19-7-5-8-20(15-19)24-22-10-4-3-9-21(22)23(25)16-26-24;;;;;/h3-4,6-11,13-15H,2,5H2,1H3;2*3,5-10,12-15H,2,4H2,1H3;4-8,10-15H,2-3H2,1H3;3-5,7,9-16H,2,6H2,1H3;;;;;/q5*-1;;;;;. The van der Waals surface area contributed by atoms with E-state index in [1.54, 1.807) is 91.4 Å². The summed E-state index contributed by atoms with van der Waals surface area (Å²) in [6, 6.07) is 108. The molecule has 0 saturated heterocycles. The van der Waals surface area contributed by atoms with Gasteiger partial charge in [-0.25, -0.2) is 22.0 Å². The topological polar surface area (TPSA) is 64.5 Å². The zero-order chi connectivity index (χ0) is 93.1. The van der Waals surface area contributed by atoms with Crippen molar-refractivity contribution >= 4 is 53.9 Å². The van der Waals surface area contributed by atoms with Gasteiger partial charge in [0.2, 0.25) is 0 Å². The van der Waals surface area contributed by atoms with Crippen LogP contribution in [0.3, 0.4) is 0 Å². The van der Waals surface area contributed by atoms with E-state index >= 15 is 0 Å². The Balaban J connectivity index is 0.000000165. The zero-order valence-corrected chi connectivity index (χ0v) is 88.2. The molecule has 139 heavy (non-hydrogen) atoms. The van der Waals surface area contributed by atoms with Crippen molar-refractivity contribution in [3.8, 4) is 112 Å². The molecule has 20 rings (SSSR count). The van der Waals surface area contributed by atoms with Crippen molar-refractivity contribution in [2.45, 2.75) is 98.8 Å². The average Bonchev–Trinajstić information content (AvgIpc) is 0.791. The second-order valence-corrected chi connectivity index (χ2v) is 32.7. The predicted octanol–water partition coefficient (Wildman–Crippen LogP) is 32.8. The van der Waals surface area contributed by atoms with Crippen molar-refractivity contribution in [2.75, 3.05) is 0 Å². The molecular formula is C120H91F9Ir5N5-5. The largest absolute Gasteiger partial charge is 0.304 e. The molecule has 15 aromatic carbocycles. The van der Waals surface area contributed by atoms with Gasteiger partial charge in [0.25, 0.3) is 0 Å². The molecule has 0 N–H and O–H groups in total. The molecule has 5 radical (unpaired) electrons. The molecule has 0 amide bonds. The zero-order valence-electron chi connectivity index (χ0n) is 76.2. The number of aryl methyl sites for hydroxylation is 5. The van der Waals surface area contributed by atoms with E-state index < -0.39 is 0 Å². The maximum Gasteiger partial charge on any atom is 0.147 e. The molecule has 19 heteroatoms. The van der Waals surface area contributed by atoms with Crippen LogP contribution >= 0.6 is 0 Å². The van der Waals surface area contributed by atoms with E-state index in [1.165, 1.54) is 88.7 Å². The molecular weight excluding hydrogens is 2640 g/mol. The quantitative estimate of drug-likeness (QED) is 0.0562. The third-order valence-electron chi connectivity index (χ3n) is 23.4. The van der Waals surface area contributed by atoms with Crippen molar-refractivity contribution < 1.29 is 140 Å². The summed E-state index contributed by atoms with van der Waals surface area (Å²) < 4.78 is 128.